The van der Waals surface area contributed by atoms with Gasteiger partial charge < -0.3 is 9.47 Å². The molecule has 92 valence electrons. The Labute approximate surface area is 96.3 Å². The van der Waals surface area contributed by atoms with E-state index >= 15 is 0 Å². The van der Waals surface area contributed by atoms with Crippen LogP contribution >= 0.6 is 0 Å². The van der Waals surface area contributed by atoms with Crippen molar-refractivity contribution in [3.05, 3.63) is 0 Å². The summed E-state index contributed by atoms with van der Waals surface area (Å²) in [6.45, 7) is 5.05. The quantitative estimate of drug-likeness (QED) is 0.378. The highest BCUT2D eigenvalue weighted by Gasteiger charge is 2.48. The second-order valence-corrected chi connectivity index (χ2v) is 4.24. The zero-order chi connectivity index (χ0) is 12.0. The van der Waals surface area contributed by atoms with Crippen molar-refractivity contribution >= 4 is 11.8 Å². The van der Waals surface area contributed by atoms with Crippen LogP contribution in [-0.4, -0.2) is 31.6 Å². The van der Waals surface area contributed by atoms with Crippen LogP contribution in [0, 0.1) is 5.41 Å². The van der Waals surface area contributed by atoms with Crippen molar-refractivity contribution in [3.8, 4) is 0 Å². The Bertz CT molecular complexity index is 262. The van der Waals surface area contributed by atoms with E-state index in [1.807, 2.05) is 0 Å². The Balaban J connectivity index is 2.41. The van der Waals surface area contributed by atoms with Crippen LogP contribution in [-0.2, 0) is 19.1 Å². The monoisotopic (exact) mass is 228 g/mol. The van der Waals surface area contributed by atoms with E-state index in [-0.39, 0.29) is 11.8 Å². The van der Waals surface area contributed by atoms with Gasteiger partial charge >= 0.3 is 5.97 Å². The van der Waals surface area contributed by atoms with Crippen LogP contribution in [0.3, 0.4) is 0 Å². The van der Waals surface area contributed by atoms with Gasteiger partial charge in [0.1, 0.15) is 11.2 Å². The van der Waals surface area contributed by atoms with E-state index in [1.165, 1.54) is 6.92 Å². The number of Topliss-reactive ketones (excluding diaryl/α,β-unsaturated/α-hetero) is 1. The van der Waals surface area contributed by atoms with Gasteiger partial charge in [0.2, 0.25) is 0 Å². The molecule has 0 aliphatic carbocycles. The summed E-state index contributed by atoms with van der Waals surface area (Å²) in [5.41, 5.74) is -0.924. The van der Waals surface area contributed by atoms with Crippen molar-refractivity contribution in [1.82, 2.24) is 0 Å². The van der Waals surface area contributed by atoms with Gasteiger partial charge in [-0.15, -0.1) is 0 Å². The summed E-state index contributed by atoms with van der Waals surface area (Å²) in [6.07, 6.45) is 3.04. The van der Waals surface area contributed by atoms with Crippen LogP contribution in [0.5, 0.6) is 0 Å². The molecular formula is C12H20O4. The van der Waals surface area contributed by atoms with Crippen LogP contribution in [0.4, 0.5) is 0 Å². The summed E-state index contributed by atoms with van der Waals surface area (Å²) in [4.78, 5) is 23.1. The Hall–Kier alpha value is -0.900. The third kappa shape index (κ3) is 2.82. The van der Waals surface area contributed by atoms with Gasteiger partial charge in [-0.1, -0.05) is 13.3 Å². The average Bonchev–Trinajstić information content (AvgIpc) is 2.61. The molecule has 0 amide bonds. The van der Waals surface area contributed by atoms with Crippen LogP contribution in [0.25, 0.3) is 0 Å². The second-order valence-electron chi connectivity index (χ2n) is 4.24. The van der Waals surface area contributed by atoms with Crippen molar-refractivity contribution in [2.75, 3.05) is 19.8 Å². The molecule has 16 heavy (non-hydrogen) atoms. The largest absolute Gasteiger partial charge is 0.465 e. The van der Waals surface area contributed by atoms with Gasteiger partial charge in [0.05, 0.1) is 6.61 Å². The van der Waals surface area contributed by atoms with E-state index in [9.17, 15) is 9.59 Å². The number of unbranched alkanes of at least 4 members (excludes halogenated alkanes) is 1. The molecule has 1 aliphatic rings. The Morgan fingerprint density at radius 3 is 2.75 bits per heavy atom. The number of cyclic esters (lactones) is 1. The lowest BCUT2D eigenvalue weighted by atomic mass is 9.80. The molecule has 0 aromatic carbocycles. The topological polar surface area (TPSA) is 52.6 Å². The number of ketones is 1. The number of esters is 1. The third-order valence-electron chi connectivity index (χ3n) is 3.14. The van der Waals surface area contributed by atoms with Gasteiger partial charge in [0.25, 0.3) is 0 Å². The summed E-state index contributed by atoms with van der Waals surface area (Å²) in [6, 6.07) is 0. The SMILES string of the molecule is CCCCOCCC1(C(C)=O)CCOC1=O. The minimum absolute atomic E-state index is 0.103. The molecule has 0 N–H and O–H groups in total. The average molecular weight is 228 g/mol. The highest BCUT2D eigenvalue weighted by molar-refractivity contribution is 6.03. The van der Waals surface area contributed by atoms with Crippen molar-refractivity contribution in [3.63, 3.8) is 0 Å². The molecule has 1 fully saturated rings. The zero-order valence-electron chi connectivity index (χ0n) is 10.1. The standard InChI is InChI=1S/C12H20O4/c1-3-4-7-15-8-5-12(10(2)13)6-9-16-11(12)14/h3-9H2,1-2H3. The number of carbonyl (C=O) groups is 2. The normalized spacial score (nSPS) is 24.5. The molecule has 0 aromatic heterocycles. The van der Waals surface area contributed by atoms with E-state index in [0.717, 1.165) is 12.8 Å². The van der Waals surface area contributed by atoms with Crippen molar-refractivity contribution in [1.29, 1.82) is 0 Å². The summed E-state index contributed by atoms with van der Waals surface area (Å²) >= 11 is 0. The smallest absolute Gasteiger partial charge is 0.319 e. The summed E-state index contributed by atoms with van der Waals surface area (Å²) in [5, 5.41) is 0. The fraction of sp³-hybridized carbons (Fsp3) is 0.833. The molecule has 4 heteroatoms. The maximum Gasteiger partial charge on any atom is 0.319 e. The first-order valence-electron chi connectivity index (χ1n) is 5.89. The molecule has 1 saturated heterocycles. The lowest BCUT2D eigenvalue weighted by Crippen LogP contribution is -2.35. The first kappa shape index (κ1) is 13.2. The van der Waals surface area contributed by atoms with Gasteiger partial charge in [-0.05, 0) is 19.8 Å². The molecule has 1 aliphatic heterocycles. The van der Waals surface area contributed by atoms with Gasteiger partial charge in [0.15, 0.2) is 0 Å². The molecule has 0 saturated carbocycles. The fourth-order valence-electron chi connectivity index (χ4n) is 1.88. The number of hydrogen-bond donors (Lipinski definition) is 0. The van der Waals surface area contributed by atoms with Crippen LogP contribution in [0.15, 0.2) is 0 Å². The van der Waals surface area contributed by atoms with E-state index in [0.29, 0.717) is 32.7 Å². The van der Waals surface area contributed by atoms with Gasteiger partial charge in [-0.2, -0.15) is 0 Å². The van der Waals surface area contributed by atoms with Crippen LogP contribution < -0.4 is 0 Å². The van der Waals surface area contributed by atoms with Crippen LogP contribution in [0.1, 0.15) is 39.5 Å². The lowest BCUT2D eigenvalue weighted by Gasteiger charge is -2.20. The molecule has 4 nitrogen and oxygen atoms in total. The maximum absolute atomic E-state index is 11.6. The summed E-state index contributed by atoms with van der Waals surface area (Å²) in [7, 11) is 0. The van der Waals surface area contributed by atoms with Crippen molar-refractivity contribution in [2.24, 2.45) is 5.41 Å². The molecule has 1 unspecified atom stereocenters. The lowest BCUT2D eigenvalue weighted by molar-refractivity contribution is -0.151. The highest BCUT2D eigenvalue weighted by atomic mass is 16.5. The number of hydrogen-bond acceptors (Lipinski definition) is 4. The Morgan fingerprint density at radius 1 is 1.50 bits per heavy atom. The zero-order valence-corrected chi connectivity index (χ0v) is 10.1. The van der Waals surface area contributed by atoms with Gasteiger partial charge in [0, 0.05) is 19.6 Å². The minimum Gasteiger partial charge on any atom is -0.465 e. The van der Waals surface area contributed by atoms with Crippen molar-refractivity contribution < 1.29 is 19.1 Å². The number of rotatable bonds is 7. The Morgan fingerprint density at radius 2 is 2.25 bits per heavy atom. The first-order chi connectivity index (χ1) is 7.63. The fourth-order valence-corrected chi connectivity index (χ4v) is 1.88. The molecule has 1 heterocycles. The highest BCUT2D eigenvalue weighted by Crippen LogP contribution is 2.34. The van der Waals surface area contributed by atoms with E-state index < -0.39 is 5.41 Å². The molecule has 0 bridgehead atoms. The van der Waals surface area contributed by atoms with Gasteiger partial charge in [-0.3, -0.25) is 9.59 Å². The van der Waals surface area contributed by atoms with Gasteiger partial charge in [-0.25, -0.2) is 0 Å². The first-order valence-corrected chi connectivity index (χ1v) is 5.89. The molecule has 0 aromatic rings. The summed E-state index contributed by atoms with van der Waals surface area (Å²) < 4.78 is 10.3. The van der Waals surface area contributed by atoms with E-state index in [1.54, 1.807) is 0 Å². The third-order valence-corrected chi connectivity index (χ3v) is 3.14. The van der Waals surface area contributed by atoms with Crippen molar-refractivity contribution in [2.45, 2.75) is 39.5 Å². The number of ether oxygens (including phenoxy) is 2. The number of carbonyl (C=O) groups excluding carboxylic acids is 2. The predicted octanol–water partition coefficient (Wildman–Crippen LogP) is 1.72. The molecule has 0 spiro atoms. The summed E-state index contributed by atoms with van der Waals surface area (Å²) in [5.74, 6) is -0.479. The van der Waals surface area contributed by atoms with E-state index in [2.05, 4.69) is 6.92 Å². The minimum atomic E-state index is -0.924. The van der Waals surface area contributed by atoms with E-state index in [4.69, 9.17) is 9.47 Å². The molecule has 1 rings (SSSR count). The maximum atomic E-state index is 11.6. The molecule has 0 radical (unpaired) electrons. The van der Waals surface area contributed by atoms with Crippen LogP contribution in [0.2, 0.25) is 0 Å². The molecular weight excluding hydrogens is 208 g/mol. The second kappa shape index (κ2) is 5.99. The predicted molar refractivity (Wildman–Crippen MR) is 59.0 cm³/mol. The Kier molecular flexibility index (Phi) is 4.93. The molecule has 1 atom stereocenters.